The molecule has 0 radical (unpaired) electrons. The number of rotatable bonds is 5. The molecule has 0 aromatic heterocycles. The van der Waals surface area contributed by atoms with Gasteiger partial charge in [-0.25, -0.2) is 0 Å². The highest BCUT2D eigenvalue weighted by atomic mass is 35.5. The highest BCUT2D eigenvalue weighted by Crippen LogP contribution is 2.23. The molecule has 2 saturated heterocycles. The molecule has 138 valence electrons. The first-order valence-corrected chi connectivity index (χ1v) is 8.53. The third kappa shape index (κ3) is 6.05. The SMILES string of the molecule is CCC(CC)C(C(=O)N1CCC(N)CC1)N1CCOCC1.Cl.Cl. The third-order valence-electron chi connectivity index (χ3n) is 5.04. The summed E-state index contributed by atoms with van der Waals surface area (Å²) >= 11 is 0. The Morgan fingerprint density at radius 1 is 1.09 bits per heavy atom. The van der Waals surface area contributed by atoms with E-state index in [9.17, 15) is 4.79 Å². The zero-order valence-electron chi connectivity index (χ0n) is 14.4. The Morgan fingerprint density at radius 2 is 1.61 bits per heavy atom. The van der Waals surface area contributed by atoms with Crippen LogP contribution in [0.5, 0.6) is 0 Å². The lowest BCUT2D eigenvalue weighted by Gasteiger charge is -2.41. The normalized spacial score (nSPS) is 21.5. The van der Waals surface area contributed by atoms with Gasteiger partial charge in [0.25, 0.3) is 0 Å². The van der Waals surface area contributed by atoms with E-state index in [1.807, 2.05) is 4.90 Å². The number of ether oxygens (including phenoxy) is 1. The fourth-order valence-electron chi connectivity index (χ4n) is 3.55. The Labute approximate surface area is 153 Å². The van der Waals surface area contributed by atoms with Gasteiger partial charge in [-0.2, -0.15) is 0 Å². The number of hydrogen-bond donors (Lipinski definition) is 1. The number of nitrogens with zero attached hydrogens (tertiary/aromatic N) is 2. The minimum absolute atomic E-state index is 0. The molecule has 1 amide bonds. The number of likely N-dealkylation sites (tertiary alicyclic amines) is 1. The van der Waals surface area contributed by atoms with Crippen LogP contribution in [0.15, 0.2) is 0 Å². The van der Waals surface area contributed by atoms with E-state index >= 15 is 0 Å². The molecule has 2 aliphatic rings. The van der Waals surface area contributed by atoms with Crippen LogP contribution in [0, 0.1) is 5.92 Å². The Bertz CT molecular complexity index is 329. The van der Waals surface area contributed by atoms with Crippen molar-refractivity contribution in [3.8, 4) is 0 Å². The summed E-state index contributed by atoms with van der Waals surface area (Å²) in [6.45, 7) is 9.27. The summed E-state index contributed by atoms with van der Waals surface area (Å²) in [6.07, 6.45) is 3.98. The summed E-state index contributed by atoms with van der Waals surface area (Å²) in [5.74, 6) is 0.753. The summed E-state index contributed by atoms with van der Waals surface area (Å²) in [7, 11) is 0. The number of halogens is 2. The quantitative estimate of drug-likeness (QED) is 0.803. The van der Waals surface area contributed by atoms with Crippen LogP contribution in [0.25, 0.3) is 0 Å². The first kappa shape index (κ1) is 22.9. The number of amides is 1. The van der Waals surface area contributed by atoms with Gasteiger partial charge in [-0.15, -0.1) is 24.8 Å². The maximum atomic E-state index is 13.1. The lowest BCUT2D eigenvalue weighted by molar-refractivity contribution is -0.142. The Kier molecular flexibility index (Phi) is 11.4. The molecule has 0 bridgehead atoms. The molecule has 1 unspecified atom stereocenters. The van der Waals surface area contributed by atoms with Crippen molar-refractivity contribution < 1.29 is 9.53 Å². The summed E-state index contributed by atoms with van der Waals surface area (Å²) in [5, 5.41) is 0. The molecule has 2 rings (SSSR count). The molecular weight excluding hydrogens is 337 g/mol. The molecule has 0 spiro atoms. The number of nitrogens with two attached hydrogens (primary N) is 1. The molecule has 7 heteroatoms. The van der Waals surface area contributed by atoms with Crippen molar-refractivity contribution in [2.24, 2.45) is 11.7 Å². The monoisotopic (exact) mass is 369 g/mol. The fourth-order valence-corrected chi connectivity index (χ4v) is 3.55. The van der Waals surface area contributed by atoms with Gasteiger partial charge >= 0.3 is 0 Å². The van der Waals surface area contributed by atoms with Gasteiger partial charge in [-0.05, 0) is 18.8 Å². The van der Waals surface area contributed by atoms with Crippen molar-refractivity contribution in [3.05, 3.63) is 0 Å². The van der Waals surface area contributed by atoms with Crippen molar-refractivity contribution in [2.45, 2.75) is 51.6 Å². The van der Waals surface area contributed by atoms with Gasteiger partial charge in [0.1, 0.15) is 0 Å². The maximum absolute atomic E-state index is 13.1. The summed E-state index contributed by atoms with van der Waals surface area (Å²) in [6, 6.07) is 0.294. The lowest BCUT2D eigenvalue weighted by Crippen LogP contribution is -2.57. The Morgan fingerprint density at radius 3 is 2.09 bits per heavy atom. The van der Waals surface area contributed by atoms with Crippen LogP contribution in [-0.2, 0) is 9.53 Å². The predicted molar refractivity (Wildman–Crippen MR) is 98.5 cm³/mol. The Hall–Kier alpha value is -0.0700. The second kappa shape index (κ2) is 11.5. The third-order valence-corrected chi connectivity index (χ3v) is 5.04. The van der Waals surface area contributed by atoms with E-state index in [-0.39, 0.29) is 36.9 Å². The molecule has 0 saturated carbocycles. The number of carbonyl (C=O) groups excluding carboxylic acids is 1. The fraction of sp³-hybridized carbons (Fsp3) is 0.938. The van der Waals surface area contributed by atoms with Crippen LogP contribution in [-0.4, -0.2) is 67.2 Å². The molecular formula is C16H33Cl2N3O2. The second-order valence-corrected chi connectivity index (χ2v) is 6.33. The van der Waals surface area contributed by atoms with Crippen LogP contribution in [0.1, 0.15) is 39.5 Å². The van der Waals surface area contributed by atoms with E-state index in [0.29, 0.717) is 11.8 Å². The highest BCUT2D eigenvalue weighted by Gasteiger charge is 2.36. The average Bonchev–Trinajstić information content (AvgIpc) is 2.53. The maximum Gasteiger partial charge on any atom is 0.240 e. The molecule has 2 fully saturated rings. The summed E-state index contributed by atoms with van der Waals surface area (Å²) in [4.78, 5) is 17.5. The molecule has 2 aliphatic heterocycles. The van der Waals surface area contributed by atoms with E-state index < -0.39 is 0 Å². The van der Waals surface area contributed by atoms with E-state index in [0.717, 1.165) is 65.1 Å². The first-order valence-electron chi connectivity index (χ1n) is 8.53. The topological polar surface area (TPSA) is 58.8 Å². The van der Waals surface area contributed by atoms with E-state index in [2.05, 4.69) is 18.7 Å². The summed E-state index contributed by atoms with van der Waals surface area (Å²) in [5.41, 5.74) is 5.96. The van der Waals surface area contributed by atoms with Gasteiger partial charge < -0.3 is 15.4 Å². The van der Waals surface area contributed by atoms with Gasteiger partial charge in [-0.3, -0.25) is 9.69 Å². The molecule has 23 heavy (non-hydrogen) atoms. The second-order valence-electron chi connectivity index (χ2n) is 6.33. The number of morpholine rings is 1. The zero-order chi connectivity index (χ0) is 15.2. The van der Waals surface area contributed by atoms with Crippen molar-refractivity contribution in [2.75, 3.05) is 39.4 Å². The number of piperidine rings is 1. The van der Waals surface area contributed by atoms with Crippen molar-refractivity contribution in [3.63, 3.8) is 0 Å². The van der Waals surface area contributed by atoms with Crippen LogP contribution in [0.3, 0.4) is 0 Å². The molecule has 0 aliphatic carbocycles. The molecule has 0 aromatic carbocycles. The van der Waals surface area contributed by atoms with Crippen LogP contribution in [0.4, 0.5) is 0 Å². The standard InChI is InChI=1S/C16H31N3O2.2ClH/c1-3-13(4-2)15(18-9-11-21-12-10-18)16(20)19-7-5-14(17)6-8-19;;/h13-15H,3-12,17H2,1-2H3;2*1H. The number of hydrogen-bond acceptors (Lipinski definition) is 4. The van der Waals surface area contributed by atoms with Gasteiger partial charge in [0.15, 0.2) is 0 Å². The van der Waals surface area contributed by atoms with Crippen LogP contribution < -0.4 is 5.73 Å². The summed E-state index contributed by atoms with van der Waals surface area (Å²) < 4.78 is 5.45. The highest BCUT2D eigenvalue weighted by molar-refractivity contribution is 5.85. The number of carbonyl (C=O) groups is 1. The minimum atomic E-state index is 0. The van der Waals surface area contributed by atoms with Crippen LogP contribution in [0.2, 0.25) is 0 Å². The molecule has 5 nitrogen and oxygen atoms in total. The zero-order valence-corrected chi connectivity index (χ0v) is 16.0. The van der Waals surface area contributed by atoms with Crippen molar-refractivity contribution >= 4 is 30.7 Å². The van der Waals surface area contributed by atoms with E-state index in [1.165, 1.54) is 0 Å². The molecule has 0 aromatic rings. The van der Waals surface area contributed by atoms with Gasteiger partial charge in [0.2, 0.25) is 5.91 Å². The largest absolute Gasteiger partial charge is 0.379 e. The first-order chi connectivity index (χ1) is 10.2. The van der Waals surface area contributed by atoms with E-state index in [1.54, 1.807) is 0 Å². The lowest BCUT2D eigenvalue weighted by atomic mass is 9.90. The Balaban J connectivity index is 0.00000242. The minimum Gasteiger partial charge on any atom is -0.379 e. The smallest absolute Gasteiger partial charge is 0.240 e. The van der Waals surface area contributed by atoms with E-state index in [4.69, 9.17) is 10.5 Å². The van der Waals surface area contributed by atoms with Crippen molar-refractivity contribution in [1.29, 1.82) is 0 Å². The van der Waals surface area contributed by atoms with Gasteiger partial charge in [-0.1, -0.05) is 26.7 Å². The van der Waals surface area contributed by atoms with Gasteiger partial charge in [0, 0.05) is 32.2 Å². The van der Waals surface area contributed by atoms with Gasteiger partial charge in [0.05, 0.1) is 19.3 Å². The molecule has 1 atom stereocenters. The average molecular weight is 370 g/mol. The predicted octanol–water partition coefficient (Wildman–Crippen LogP) is 1.92. The van der Waals surface area contributed by atoms with Crippen LogP contribution >= 0.6 is 24.8 Å². The van der Waals surface area contributed by atoms with Crippen molar-refractivity contribution in [1.82, 2.24) is 9.80 Å². The molecule has 2 heterocycles. The molecule has 2 N–H and O–H groups in total.